The van der Waals surface area contributed by atoms with Crippen molar-refractivity contribution < 1.29 is 73.1 Å². The van der Waals surface area contributed by atoms with Crippen LogP contribution in [0.4, 0.5) is 0 Å². The zero-order valence-corrected chi connectivity index (χ0v) is 37.3. The van der Waals surface area contributed by atoms with Gasteiger partial charge in [-0.1, -0.05) is 32.9 Å². The van der Waals surface area contributed by atoms with Crippen LogP contribution in [0.2, 0.25) is 0 Å². The molecule has 0 amide bonds. The van der Waals surface area contributed by atoms with Gasteiger partial charge in [0.05, 0.1) is 66.6 Å². The second-order valence-electron chi connectivity index (χ2n) is 17.7. The highest BCUT2D eigenvalue weighted by Gasteiger charge is 2.53. The van der Waals surface area contributed by atoms with Crippen LogP contribution in [0, 0.1) is 23.7 Å². The lowest BCUT2D eigenvalue weighted by Crippen LogP contribution is -2.61. The maximum Gasteiger partial charge on any atom is 0.311 e. The summed E-state index contributed by atoms with van der Waals surface area (Å²) in [7, 11) is 6.76. The summed E-state index contributed by atoms with van der Waals surface area (Å²) in [5.41, 5.74) is -4.49. The van der Waals surface area contributed by atoms with Gasteiger partial charge in [-0.05, 0) is 74.9 Å². The Balaban J connectivity index is 2.22. The molecule has 3 aliphatic rings. The standard InChI is InChI=1S/C41H76N2O15/c1-15-29-41(10,49)34(45)24(4)31(42-53-21-52-17-16-50-13)22(2)19-39(8,48)36(58-38-32(44)28(43(11)12)18-23(3)54-38)25(5)33(26(6)37(47)56-29)57-30-20-40(9,51-14)35(46)27(7)55-30/h22-30,32-36,38,44-46,48-49H,15-21H2,1-14H3/b42-31+/t22-,23-,24+,25+,26-,27+,28+,29-,30+,32-,33+,34-,35+,36-,38+,39?,40-,41-/m1/s1. The van der Waals surface area contributed by atoms with Crippen LogP contribution in [-0.2, 0) is 47.5 Å². The number of esters is 1. The lowest BCUT2D eigenvalue weighted by Gasteiger charge is -2.49. The Morgan fingerprint density at radius 2 is 1.55 bits per heavy atom. The van der Waals surface area contributed by atoms with Crippen LogP contribution in [0.3, 0.4) is 0 Å². The Hall–Kier alpha value is -1.58. The molecule has 17 nitrogen and oxygen atoms in total. The predicted molar refractivity (Wildman–Crippen MR) is 212 cm³/mol. The molecule has 0 saturated carbocycles. The number of hydrogen-bond donors (Lipinski definition) is 5. The smallest absolute Gasteiger partial charge is 0.311 e. The summed E-state index contributed by atoms with van der Waals surface area (Å²) in [6, 6.07) is -0.328. The number of likely N-dealkylation sites (N-methyl/N-ethyl adjacent to an activating group) is 1. The van der Waals surface area contributed by atoms with Crippen molar-refractivity contribution in [3.05, 3.63) is 0 Å². The Bertz CT molecular complexity index is 1300. The molecule has 58 heavy (non-hydrogen) atoms. The van der Waals surface area contributed by atoms with Gasteiger partial charge in [0.25, 0.3) is 0 Å². The molecule has 0 aliphatic carbocycles. The third-order valence-corrected chi connectivity index (χ3v) is 12.6. The van der Waals surface area contributed by atoms with Gasteiger partial charge in [0.2, 0.25) is 6.79 Å². The van der Waals surface area contributed by atoms with E-state index >= 15 is 0 Å². The van der Waals surface area contributed by atoms with Crippen LogP contribution in [0.15, 0.2) is 5.16 Å². The summed E-state index contributed by atoms with van der Waals surface area (Å²) in [5, 5.41) is 63.6. The molecule has 3 aliphatic heterocycles. The van der Waals surface area contributed by atoms with Gasteiger partial charge in [0, 0.05) is 44.4 Å². The molecule has 3 fully saturated rings. The number of hydrogen-bond acceptors (Lipinski definition) is 17. The molecule has 17 heteroatoms. The summed E-state index contributed by atoms with van der Waals surface area (Å²) in [4.78, 5) is 21.8. The van der Waals surface area contributed by atoms with Crippen molar-refractivity contribution >= 4 is 11.7 Å². The van der Waals surface area contributed by atoms with Crippen LogP contribution < -0.4 is 0 Å². The van der Waals surface area contributed by atoms with Gasteiger partial charge in [-0.3, -0.25) is 4.79 Å². The van der Waals surface area contributed by atoms with Crippen molar-refractivity contribution in [2.24, 2.45) is 28.8 Å². The quantitative estimate of drug-likeness (QED) is 0.0778. The fourth-order valence-electron chi connectivity index (χ4n) is 8.93. The van der Waals surface area contributed by atoms with Crippen molar-refractivity contribution in [3.63, 3.8) is 0 Å². The maximum atomic E-state index is 14.3. The first kappa shape index (κ1) is 50.8. The lowest BCUT2D eigenvalue weighted by molar-refractivity contribution is -0.317. The van der Waals surface area contributed by atoms with Gasteiger partial charge in [-0.15, -0.1) is 0 Å². The van der Waals surface area contributed by atoms with Gasteiger partial charge in [0.1, 0.15) is 23.9 Å². The molecule has 0 aromatic heterocycles. The monoisotopic (exact) mass is 837 g/mol. The third kappa shape index (κ3) is 12.1. The number of carbonyl (C=O) groups excluding carboxylic acids is 1. The molecule has 0 bridgehead atoms. The molecule has 0 radical (unpaired) electrons. The zero-order chi connectivity index (χ0) is 43.9. The number of rotatable bonds is 13. The second-order valence-corrected chi connectivity index (χ2v) is 17.7. The van der Waals surface area contributed by atoms with Gasteiger partial charge in [-0.25, -0.2) is 0 Å². The van der Waals surface area contributed by atoms with E-state index in [2.05, 4.69) is 5.16 Å². The summed E-state index contributed by atoms with van der Waals surface area (Å²) in [6.07, 6.45) is -9.49. The minimum absolute atomic E-state index is 0.0307. The third-order valence-electron chi connectivity index (χ3n) is 12.6. The molecular weight excluding hydrogens is 760 g/mol. The largest absolute Gasteiger partial charge is 0.459 e. The molecule has 340 valence electrons. The molecular formula is C41H76N2O15. The minimum Gasteiger partial charge on any atom is -0.459 e. The van der Waals surface area contributed by atoms with Crippen molar-refractivity contribution in [1.82, 2.24) is 4.90 Å². The van der Waals surface area contributed by atoms with Gasteiger partial charge in [0.15, 0.2) is 12.6 Å². The topological polar surface area (TPSA) is 217 Å². The first-order chi connectivity index (χ1) is 27.0. The fourth-order valence-corrected chi connectivity index (χ4v) is 8.93. The summed E-state index contributed by atoms with van der Waals surface area (Å²) >= 11 is 0. The van der Waals surface area contributed by atoms with Crippen LogP contribution in [-0.4, -0.2) is 175 Å². The van der Waals surface area contributed by atoms with E-state index in [1.54, 1.807) is 55.6 Å². The molecule has 3 heterocycles. The number of carbonyl (C=O) groups is 1. The first-order valence-corrected chi connectivity index (χ1v) is 20.8. The number of ether oxygens (including phenoxy) is 8. The van der Waals surface area contributed by atoms with Crippen LogP contribution in [0.5, 0.6) is 0 Å². The summed E-state index contributed by atoms with van der Waals surface area (Å²) in [5.74, 6) is -4.14. The molecule has 0 aromatic carbocycles. The van der Waals surface area contributed by atoms with E-state index in [1.165, 1.54) is 14.0 Å². The number of oxime groups is 1. The van der Waals surface area contributed by atoms with Crippen LogP contribution in [0.25, 0.3) is 0 Å². The molecule has 18 atom stereocenters. The van der Waals surface area contributed by atoms with E-state index in [1.807, 2.05) is 32.8 Å². The Labute approximate surface area is 345 Å². The SMILES string of the molecule is CC[C@H]1OC(=O)[C@H](C)[C@@H](O[C@H]2C[C@@](C)(OC)[C@@H](O)[C@H](C)O2)[C@H](C)[C@@H](O[C@@H]2O[C@H](C)C[C@H](N(C)C)[C@H]2O)C(C)(O)C[C@@H](C)/C(=N\OCOCCOC)[C@H](C)[C@@H](O)[C@]1(C)O. The van der Waals surface area contributed by atoms with E-state index < -0.39 is 102 Å². The van der Waals surface area contributed by atoms with Gasteiger partial charge >= 0.3 is 5.97 Å². The van der Waals surface area contributed by atoms with E-state index in [9.17, 15) is 30.3 Å². The predicted octanol–water partition coefficient (Wildman–Crippen LogP) is 2.21. The van der Waals surface area contributed by atoms with E-state index in [0.717, 1.165) is 0 Å². The first-order valence-electron chi connectivity index (χ1n) is 20.8. The van der Waals surface area contributed by atoms with Gasteiger partial charge in [-0.2, -0.15) is 0 Å². The highest BCUT2D eigenvalue weighted by Crippen LogP contribution is 2.41. The molecule has 3 rings (SSSR count). The Morgan fingerprint density at radius 1 is 0.897 bits per heavy atom. The Kier molecular flexibility index (Phi) is 18.8. The van der Waals surface area contributed by atoms with Crippen molar-refractivity contribution in [2.75, 3.05) is 48.3 Å². The molecule has 1 unspecified atom stereocenters. The van der Waals surface area contributed by atoms with Gasteiger partial charge < -0.3 is 73.2 Å². The highest BCUT2D eigenvalue weighted by atomic mass is 16.7. The number of aliphatic hydroxyl groups excluding tert-OH is 3. The van der Waals surface area contributed by atoms with Crippen LogP contribution >= 0.6 is 0 Å². The number of nitrogens with zero attached hydrogens (tertiary/aromatic N) is 2. The lowest BCUT2D eigenvalue weighted by atomic mass is 9.73. The van der Waals surface area contributed by atoms with Crippen molar-refractivity contribution in [2.45, 2.75) is 179 Å². The number of aliphatic hydroxyl groups is 5. The fraction of sp³-hybridized carbons (Fsp3) is 0.951. The van der Waals surface area contributed by atoms with E-state index in [-0.39, 0.29) is 44.8 Å². The van der Waals surface area contributed by atoms with Crippen LogP contribution in [0.1, 0.15) is 94.9 Å². The normalized spacial score (nSPS) is 45.8. The van der Waals surface area contributed by atoms with Crippen molar-refractivity contribution in [3.8, 4) is 0 Å². The average molecular weight is 837 g/mol. The van der Waals surface area contributed by atoms with E-state index in [0.29, 0.717) is 18.7 Å². The maximum absolute atomic E-state index is 14.3. The Morgan fingerprint density at radius 3 is 2.14 bits per heavy atom. The minimum atomic E-state index is -1.97. The molecule has 0 spiro atoms. The average Bonchev–Trinajstić information content (AvgIpc) is 3.15. The van der Waals surface area contributed by atoms with E-state index in [4.69, 9.17) is 42.7 Å². The second kappa shape index (κ2) is 21.5. The zero-order valence-electron chi connectivity index (χ0n) is 37.3. The molecule has 5 N–H and O–H groups in total. The summed E-state index contributed by atoms with van der Waals surface area (Å²) < 4.78 is 48.1. The summed E-state index contributed by atoms with van der Waals surface area (Å²) in [6.45, 7) is 17.3. The highest BCUT2D eigenvalue weighted by molar-refractivity contribution is 5.88. The number of methoxy groups -OCH3 is 2. The molecule has 0 aromatic rings. The number of cyclic esters (lactones) is 1. The molecule has 3 saturated heterocycles. The van der Waals surface area contributed by atoms with Crippen molar-refractivity contribution in [1.29, 1.82) is 0 Å².